The molecule has 1 fully saturated rings. The molecule has 0 aliphatic carbocycles. The molecule has 0 bridgehead atoms. The molecule has 0 unspecified atom stereocenters. The van der Waals surface area contributed by atoms with Crippen molar-refractivity contribution in [1.82, 2.24) is 15.1 Å². The number of methoxy groups -OCH3 is 1. The van der Waals surface area contributed by atoms with Crippen LogP contribution in [0.1, 0.15) is 0 Å². The summed E-state index contributed by atoms with van der Waals surface area (Å²) in [5, 5.41) is 9.38. The summed E-state index contributed by atoms with van der Waals surface area (Å²) in [7, 11) is 1.64. The smallest absolute Gasteiger partial charge is 0.260 e. The number of piperazine rings is 1. The highest BCUT2D eigenvalue weighted by atomic mass is 35.5. The minimum Gasteiger partial charge on any atom is -0.497 e. The minimum absolute atomic E-state index is 0.0106. The number of hydrogen-bond acceptors (Lipinski definition) is 6. The Balaban J connectivity index is 1.30. The van der Waals surface area contributed by atoms with Crippen molar-refractivity contribution in [3.05, 3.63) is 65.7 Å². The van der Waals surface area contributed by atoms with Gasteiger partial charge in [0.1, 0.15) is 11.5 Å². The summed E-state index contributed by atoms with van der Waals surface area (Å²) in [6, 6.07) is 18.6. The highest BCUT2D eigenvalue weighted by Crippen LogP contribution is 2.23. The molecule has 4 rings (SSSR count). The van der Waals surface area contributed by atoms with Crippen LogP contribution in [0.15, 0.2) is 60.7 Å². The molecule has 160 valence electrons. The fourth-order valence-electron chi connectivity index (χ4n) is 3.38. The Morgan fingerprint density at radius 3 is 2.42 bits per heavy atom. The molecule has 2 heterocycles. The second-order valence-corrected chi connectivity index (χ2v) is 7.56. The van der Waals surface area contributed by atoms with E-state index >= 15 is 0 Å². The number of rotatable bonds is 6. The SMILES string of the molecule is COc1cccc(-c2ccc(N3CCN(C(=O)COc4ccc(Cl)cc4)CC3)nn2)c1. The second-order valence-electron chi connectivity index (χ2n) is 7.12. The van der Waals surface area contributed by atoms with Crippen LogP contribution in [0.3, 0.4) is 0 Å². The summed E-state index contributed by atoms with van der Waals surface area (Å²) >= 11 is 5.86. The lowest BCUT2D eigenvalue weighted by molar-refractivity contribution is -0.133. The van der Waals surface area contributed by atoms with Crippen molar-refractivity contribution in [2.45, 2.75) is 0 Å². The molecular formula is C23H23ClN4O3. The van der Waals surface area contributed by atoms with Crippen LogP contribution < -0.4 is 14.4 Å². The first-order valence-corrected chi connectivity index (χ1v) is 10.4. The standard InChI is InChI=1S/C23H23ClN4O3/c1-30-20-4-2-3-17(15-20)21-9-10-22(26-25-21)27-11-13-28(14-12-27)23(29)16-31-19-7-5-18(24)6-8-19/h2-10,15H,11-14,16H2,1H3. The number of aromatic nitrogens is 2. The highest BCUT2D eigenvalue weighted by Gasteiger charge is 2.22. The van der Waals surface area contributed by atoms with Gasteiger partial charge in [-0.25, -0.2) is 0 Å². The van der Waals surface area contributed by atoms with E-state index in [1.807, 2.05) is 41.3 Å². The zero-order chi connectivity index (χ0) is 21.6. The molecule has 7 nitrogen and oxygen atoms in total. The first-order valence-electron chi connectivity index (χ1n) is 10.0. The number of carbonyl (C=O) groups is 1. The first kappa shape index (κ1) is 20.9. The molecule has 3 aromatic rings. The average Bonchev–Trinajstić information content (AvgIpc) is 2.84. The summed E-state index contributed by atoms with van der Waals surface area (Å²) in [5.74, 6) is 2.18. The van der Waals surface area contributed by atoms with Crippen LogP contribution in [-0.4, -0.2) is 60.9 Å². The van der Waals surface area contributed by atoms with Crippen LogP contribution in [0.2, 0.25) is 5.02 Å². The number of halogens is 1. The zero-order valence-corrected chi connectivity index (χ0v) is 18.0. The largest absolute Gasteiger partial charge is 0.497 e. The number of hydrogen-bond donors (Lipinski definition) is 0. The van der Waals surface area contributed by atoms with Gasteiger partial charge in [0, 0.05) is 36.8 Å². The number of nitrogens with zero attached hydrogens (tertiary/aromatic N) is 4. The van der Waals surface area contributed by atoms with E-state index in [1.165, 1.54) is 0 Å². The number of carbonyl (C=O) groups excluding carboxylic acids is 1. The maximum Gasteiger partial charge on any atom is 0.260 e. The lowest BCUT2D eigenvalue weighted by Crippen LogP contribution is -2.50. The predicted molar refractivity (Wildman–Crippen MR) is 120 cm³/mol. The maximum atomic E-state index is 12.5. The molecule has 2 aromatic carbocycles. The molecule has 0 radical (unpaired) electrons. The van der Waals surface area contributed by atoms with Gasteiger partial charge in [0.15, 0.2) is 12.4 Å². The molecule has 1 amide bonds. The van der Waals surface area contributed by atoms with Gasteiger partial charge in [-0.2, -0.15) is 0 Å². The summed E-state index contributed by atoms with van der Waals surface area (Å²) in [4.78, 5) is 16.4. The third kappa shape index (κ3) is 5.24. The van der Waals surface area contributed by atoms with E-state index in [-0.39, 0.29) is 12.5 Å². The van der Waals surface area contributed by atoms with Gasteiger partial charge in [-0.15, -0.1) is 10.2 Å². The Kier molecular flexibility index (Phi) is 6.52. The first-order chi connectivity index (χ1) is 15.1. The maximum absolute atomic E-state index is 12.5. The summed E-state index contributed by atoms with van der Waals surface area (Å²) in [6.45, 7) is 2.63. The molecular weight excluding hydrogens is 416 g/mol. The number of amides is 1. The molecule has 1 saturated heterocycles. The number of anilines is 1. The number of benzene rings is 2. The van der Waals surface area contributed by atoms with Gasteiger partial charge in [-0.3, -0.25) is 4.79 Å². The molecule has 0 saturated carbocycles. The lowest BCUT2D eigenvalue weighted by atomic mass is 10.1. The quantitative estimate of drug-likeness (QED) is 0.586. The molecule has 1 aliphatic rings. The molecule has 8 heteroatoms. The summed E-state index contributed by atoms with van der Waals surface area (Å²) < 4.78 is 10.8. The summed E-state index contributed by atoms with van der Waals surface area (Å²) in [6.07, 6.45) is 0. The average molecular weight is 439 g/mol. The molecule has 31 heavy (non-hydrogen) atoms. The van der Waals surface area contributed by atoms with Crippen molar-refractivity contribution in [2.24, 2.45) is 0 Å². The molecule has 0 atom stereocenters. The Hall–Kier alpha value is -3.32. The van der Waals surface area contributed by atoms with Gasteiger partial charge in [-0.05, 0) is 48.5 Å². The molecule has 1 aromatic heterocycles. The number of ether oxygens (including phenoxy) is 2. The van der Waals surface area contributed by atoms with Crippen LogP contribution in [0.25, 0.3) is 11.3 Å². The minimum atomic E-state index is -0.0333. The Morgan fingerprint density at radius 2 is 1.74 bits per heavy atom. The molecule has 0 N–H and O–H groups in total. The van der Waals surface area contributed by atoms with E-state index in [0.717, 1.165) is 22.8 Å². The van der Waals surface area contributed by atoms with Crippen LogP contribution in [0, 0.1) is 0 Å². The molecule has 1 aliphatic heterocycles. The van der Waals surface area contributed by atoms with E-state index in [0.29, 0.717) is 37.0 Å². The van der Waals surface area contributed by atoms with E-state index in [9.17, 15) is 4.79 Å². The van der Waals surface area contributed by atoms with Gasteiger partial charge in [0.2, 0.25) is 0 Å². The fraction of sp³-hybridized carbons (Fsp3) is 0.261. The van der Waals surface area contributed by atoms with Crippen LogP contribution >= 0.6 is 11.6 Å². The van der Waals surface area contributed by atoms with Gasteiger partial charge >= 0.3 is 0 Å². The van der Waals surface area contributed by atoms with Crippen molar-refractivity contribution in [3.63, 3.8) is 0 Å². The van der Waals surface area contributed by atoms with E-state index in [4.69, 9.17) is 21.1 Å². The normalized spacial score (nSPS) is 13.7. The molecule has 0 spiro atoms. The van der Waals surface area contributed by atoms with Gasteiger partial charge in [0.05, 0.1) is 12.8 Å². The van der Waals surface area contributed by atoms with Crippen molar-refractivity contribution < 1.29 is 14.3 Å². The van der Waals surface area contributed by atoms with Crippen molar-refractivity contribution >= 4 is 23.3 Å². The highest BCUT2D eigenvalue weighted by molar-refractivity contribution is 6.30. The van der Waals surface area contributed by atoms with Crippen molar-refractivity contribution in [2.75, 3.05) is 44.8 Å². The Labute approximate surface area is 186 Å². The van der Waals surface area contributed by atoms with Crippen LogP contribution in [0.4, 0.5) is 5.82 Å². The van der Waals surface area contributed by atoms with Gasteiger partial charge < -0.3 is 19.3 Å². The third-order valence-corrected chi connectivity index (χ3v) is 5.40. The van der Waals surface area contributed by atoms with Crippen molar-refractivity contribution in [1.29, 1.82) is 0 Å². The zero-order valence-electron chi connectivity index (χ0n) is 17.2. The third-order valence-electron chi connectivity index (χ3n) is 5.15. The fourth-order valence-corrected chi connectivity index (χ4v) is 3.51. The van der Waals surface area contributed by atoms with Gasteiger partial charge in [-0.1, -0.05) is 23.7 Å². The van der Waals surface area contributed by atoms with E-state index in [1.54, 1.807) is 31.4 Å². The van der Waals surface area contributed by atoms with Gasteiger partial charge in [0.25, 0.3) is 5.91 Å². The monoisotopic (exact) mass is 438 g/mol. The topological polar surface area (TPSA) is 67.8 Å². The van der Waals surface area contributed by atoms with E-state index in [2.05, 4.69) is 15.1 Å². The second kappa shape index (κ2) is 9.66. The predicted octanol–water partition coefficient (Wildman–Crippen LogP) is 3.53. The van der Waals surface area contributed by atoms with Crippen LogP contribution in [0.5, 0.6) is 11.5 Å². The Bertz CT molecular complexity index is 1020. The van der Waals surface area contributed by atoms with E-state index < -0.39 is 0 Å². The van der Waals surface area contributed by atoms with Crippen molar-refractivity contribution in [3.8, 4) is 22.8 Å². The summed E-state index contributed by atoms with van der Waals surface area (Å²) in [5.41, 5.74) is 1.74. The van der Waals surface area contributed by atoms with Crippen LogP contribution in [-0.2, 0) is 4.79 Å². The lowest BCUT2D eigenvalue weighted by Gasteiger charge is -2.35. The Morgan fingerprint density at radius 1 is 0.968 bits per heavy atom.